The maximum absolute atomic E-state index is 13.5. The molecule has 0 aliphatic rings. The van der Waals surface area contributed by atoms with Crippen molar-refractivity contribution in [2.24, 2.45) is 0 Å². The van der Waals surface area contributed by atoms with Crippen molar-refractivity contribution in [2.45, 2.75) is 26.7 Å². The number of carbonyl (C=O) groups is 1. The number of hydrogen-bond donors (Lipinski definition) is 0. The largest absolute Gasteiger partial charge is 0.497 e. The summed E-state index contributed by atoms with van der Waals surface area (Å²) in [7, 11) is 4.84. The topological polar surface area (TPSA) is 65.8 Å². The molecule has 170 valence electrons. The van der Waals surface area contributed by atoms with Gasteiger partial charge in [0.05, 0.1) is 32.7 Å². The van der Waals surface area contributed by atoms with Crippen molar-refractivity contribution in [3.8, 4) is 34.2 Å². The standard InChI is InChI=1S/C25H31N3O4/c1-6-14-27(15-7-2)25(29)23-17-22(21-13-12-20(31-4)16-24(21)32-5)26-28(23)18-8-10-19(30-3)11-9-18/h8-13,16-17H,6-7,14-15H2,1-5H3. The van der Waals surface area contributed by atoms with Crippen molar-refractivity contribution in [3.63, 3.8) is 0 Å². The van der Waals surface area contributed by atoms with Crippen molar-refractivity contribution >= 4 is 5.91 Å². The lowest BCUT2D eigenvalue weighted by atomic mass is 10.1. The molecule has 7 nitrogen and oxygen atoms in total. The van der Waals surface area contributed by atoms with Gasteiger partial charge in [0.2, 0.25) is 0 Å². The molecule has 2 aromatic carbocycles. The lowest BCUT2D eigenvalue weighted by Gasteiger charge is -2.21. The van der Waals surface area contributed by atoms with Crippen molar-refractivity contribution in [3.05, 3.63) is 54.2 Å². The molecule has 0 radical (unpaired) electrons. The van der Waals surface area contributed by atoms with Gasteiger partial charge in [0.1, 0.15) is 22.9 Å². The Bertz CT molecular complexity index is 1040. The van der Waals surface area contributed by atoms with Crippen LogP contribution in [0.2, 0.25) is 0 Å². The Morgan fingerprint density at radius 1 is 0.875 bits per heavy atom. The molecule has 0 bridgehead atoms. The van der Waals surface area contributed by atoms with Gasteiger partial charge in [-0.2, -0.15) is 5.10 Å². The number of amides is 1. The fraction of sp³-hybridized carbons (Fsp3) is 0.360. The van der Waals surface area contributed by atoms with Crippen LogP contribution in [-0.2, 0) is 0 Å². The molecule has 3 aromatic rings. The second-order valence-corrected chi connectivity index (χ2v) is 7.38. The zero-order chi connectivity index (χ0) is 23.1. The minimum Gasteiger partial charge on any atom is -0.497 e. The average Bonchev–Trinajstić information content (AvgIpc) is 3.28. The summed E-state index contributed by atoms with van der Waals surface area (Å²) >= 11 is 0. The summed E-state index contributed by atoms with van der Waals surface area (Å²) in [5.74, 6) is 2.01. The molecule has 1 aromatic heterocycles. The molecule has 0 unspecified atom stereocenters. The van der Waals surface area contributed by atoms with Crippen LogP contribution in [-0.4, -0.2) is 55.0 Å². The van der Waals surface area contributed by atoms with Gasteiger partial charge in [0.25, 0.3) is 5.91 Å². The van der Waals surface area contributed by atoms with E-state index in [9.17, 15) is 4.79 Å². The molecule has 0 N–H and O–H groups in total. The van der Waals surface area contributed by atoms with E-state index in [1.807, 2.05) is 53.4 Å². The Balaban J connectivity index is 2.14. The van der Waals surface area contributed by atoms with E-state index >= 15 is 0 Å². The van der Waals surface area contributed by atoms with E-state index in [2.05, 4.69) is 13.8 Å². The van der Waals surface area contributed by atoms with Crippen molar-refractivity contribution in [1.82, 2.24) is 14.7 Å². The van der Waals surface area contributed by atoms with Crippen LogP contribution in [0, 0.1) is 0 Å². The lowest BCUT2D eigenvalue weighted by molar-refractivity contribution is 0.0746. The first kappa shape index (κ1) is 23.2. The maximum atomic E-state index is 13.5. The van der Waals surface area contributed by atoms with Crippen LogP contribution in [0.1, 0.15) is 37.2 Å². The highest BCUT2D eigenvalue weighted by molar-refractivity contribution is 5.94. The lowest BCUT2D eigenvalue weighted by Crippen LogP contribution is -2.33. The normalized spacial score (nSPS) is 10.7. The molecule has 32 heavy (non-hydrogen) atoms. The first-order valence-electron chi connectivity index (χ1n) is 10.8. The van der Waals surface area contributed by atoms with Crippen molar-refractivity contribution < 1.29 is 19.0 Å². The Labute approximate surface area is 189 Å². The van der Waals surface area contributed by atoms with Gasteiger partial charge in [-0.15, -0.1) is 0 Å². The zero-order valence-electron chi connectivity index (χ0n) is 19.4. The van der Waals surface area contributed by atoms with Crippen LogP contribution in [0.3, 0.4) is 0 Å². The third kappa shape index (κ3) is 4.88. The monoisotopic (exact) mass is 437 g/mol. The number of hydrogen-bond acceptors (Lipinski definition) is 5. The van der Waals surface area contributed by atoms with Gasteiger partial charge < -0.3 is 19.1 Å². The number of ether oxygens (including phenoxy) is 3. The Hall–Kier alpha value is -3.48. The SMILES string of the molecule is CCCN(CCC)C(=O)c1cc(-c2ccc(OC)cc2OC)nn1-c1ccc(OC)cc1. The predicted molar refractivity (Wildman–Crippen MR) is 125 cm³/mol. The van der Waals surface area contributed by atoms with E-state index in [0.29, 0.717) is 36.0 Å². The molecule has 0 saturated carbocycles. The molecule has 0 aliphatic carbocycles. The molecule has 0 aliphatic heterocycles. The molecule has 0 saturated heterocycles. The summed E-state index contributed by atoms with van der Waals surface area (Å²) in [6.45, 7) is 5.54. The fourth-order valence-corrected chi connectivity index (χ4v) is 3.61. The van der Waals surface area contributed by atoms with Gasteiger partial charge in [-0.25, -0.2) is 4.68 Å². The number of rotatable bonds is 10. The van der Waals surface area contributed by atoms with E-state index in [4.69, 9.17) is 19.3 Å². The van der Waals surface area contributed by atoms with Crippen molar-refractivity contribution in [1.29, 1.82) is 0 Å². The van der Waals surface area contributed by atoms with Gasteiger partial charge in [-0.1, -0.05) is 13.8 Å². The highest BCUT2D eigenvalue weighted by Gasteiger charge is 2.23. The third-order valence-corrected chi connectivity index (χ3v) is 5.20. The summed E-state index contributed by atoms with van der Waals surface area (Å²) in [6.07, 6.45) is 1.78. The summed E-state index contributed by atoms with van der Waals surface area (Å²) in [6, 6.07) is 14.9. The number of carbonyl (C=O) groups excluding carboxylic acids is 1. The van der Waals surface area contributed by atoms with Gasteiger partial charge >= 0.3 is 0 Å². The maximum Gasteiger partial charge on any atom is 0.272 e. The smallest absolute Gasteiger partial charge is 0.272 e. The highest BCUT2D eigenvalue weighted by atomic mass is 16.5. The summed E-state index contributed by atoms with van der Waals surface area (Å²) in [5.41, 5.74) is 2.72. The Morgan fingerprint density at radius 3 is 2.06 bits per heavy atom. The number of methoxy groups -OCH3 is 3. The number of benzene rings is 2. The predicted octanol–water partition coefficient (Wildman–Crippen LogP) is 4.83. The van der Waals surface area contributed by atoms with Crippen LogP contribution < -0.4 is 14.2 Å². The second-order valence-electron chi connectivity index (χ2n) is 7.38. The first-order chi connectivity index (χ1) is 15.6. The molecular formula is C25H31N3O4. The third-order valence-electron chi connectivity index (χ3n) is 5.20. The quantitative estimate of drug-likeness (QED) is 0.455. The first-order valence-corrected chi connectivity index (χ1v) is 10.8. The Kier molecular flexibility index (Phi) is 7.76. The molecule has 7 heteroatoms. The van der Waals surface area contributed by atoms with Crippen LogP contribution >= 0.6 is 0 Å². The van der Waals surface area contributed by atoms with Gasteiger partial charge in [-0.05, 0) is 55.3 Å². The molecule has 1 amide bonds. The highest BCUT2D eigenvalue weighted by Crippen LogP contribution is 2.34. The van der Waals surface area contributed by atoms with Gasteiger partial charge in [0.15, 0.2) is 0 Å². The van der Waals surface area contributed by atoms with Gasteiger partial charge in [-0.3, -0.25) is 4.79 Å². The van der Waals surface area contributed by atoms with Crippen molar-refractivity contribution in [2.75, 3.05) is 34.4 Å². The zero-order valence-corrected chi connectivity index (χ0v) is 19.4. The van der Waals surface area contributed by atoms with Crippen LogP contribution in [0.4, 0.5) is 0 Å². The van der Waals surface area contributed by atoms with E-state index in [0.717, 1.165) is 29.8 Å². The summed E-state index contributed by atoms with van der Waals surface area (Å²) < 4.78 is 17.9. The minimum absolute atomic E-state index is 0.0456. The number of nitrogens with zero attached hydrogens (tertiary/aromatic N) is 3. The van der Waals surface area contributed by atoms with Crippen LogP contribution in [0.5, 0.6) is 17.2 Å². The molecule has 0 atom stereocenters. The van der Waals surface area contributed by atoms with Gasteiger partial charge in [0, 0.05) is 24.7 Å². The Morgan fingerprint density at radius 2 is 1.50 bits per heavy atom. The molecule has 0 fully saturated rings. The van der Waals surface area contributed by atoms with Crippen LogP contribution in [0.25, 0.3) is 16.9 Å². The molecule has 3 rings (SSSR count). The van der Waals surface area contributed by atoms with E-state index in [1.54, 1.807) is 26.0 Å². The summed E-state index contributed by atoms with van der Waals surface area (Å²) in [5, 5.41) is 4.80. The fourth-order valence-electron chi connectivity index (χ4n) is 3.61. The van der Waals surface area contributed by atoms with E-state index in [-0.39, 0.29) is 5.91 Å². The average molecular weight is 438 g/mol. The minimum atomic E-state index is -0.0456. The number of aromatic nitrogens is 2. The molecule has 1 heterocycles. The summed E-state index contributed by atoms with van der Waals surface area (Å²) in [4.78, 5) is 15.4. The second kappa shape index (κ2) is 10.7. The van der Waals surface area contributed by atoms with E-state index < -0.39 is 0 Å². The van der Waals surface area contributed by atoms with E-state index in [1.165, 1.54) is 0 Å². The molecule has 0 spiro atoms. The van der Waals surface area contributed by atoms with Crippen LogP contribution in [0.15, 0.2) is 48.5 Å². The molecular weight excluding hydrogens is 406 g/mol.